The lowest BCUT2D eigenvalue weighted by molar-refractivity contribution is 0.722. The molecule has 3 N–H and O–H groups in total. The van der Waals surface area contributed by atoms with Gasteiger partial charge in [-0.05, 0) is 35.1 Å². The monoisotopic (exact) mass is 315 g/mol. The first kappa shape index (κ1) is 15.9. The summed E-state index contributed by atoms with van der Waals surface area (Å²) in [4.78, 5) is 4.32. The van der Waals surface area contributed by atoms with Gasteiger partial charge in [-0.2, -0.15) is 0 Å². The highest BCUT2D eigenvalue weighted by Crippen LogP contribution is 2.21. The van der Waals surface area contributed by atoms with Crippen molar-refractivity contribution in [3.05, 3.63) is 84.0 Å². The lowest BCUT2D eigenvalue weighted by atomic mass is 9.95. The van der Waals surface area contributed by atoms with Crippen LogP contribution in [0.3, 0.4) is 0 Å². The van der Waals surface area contributed by atoms with Crippen LogP contribution in [-0.4, -0.2) is 11.7 Å². The van der Waals surface area contributed by atoms with E-state index in [-0.39, 0.29) is 5.84 Å². The minimum absolute atomic E-state index is 0.244. The molecule has 0 fully saturated rings. The average molecular weight is 315 g/mol. The second kappa shape index (κ2) is 7.09. The number of hydrogen-bond acceptors (Lipinski definition) is 1. The fourth-order valence-corrected chi connectivity index (χ4v) is 2.77. The van der Waals surface area contributed by atoms with E-state index in [1.54, 1.807) is 0 Å². The second-order valence-corrected chi connectivity index (χ2v) is 6.05. The predicted octanol–water partition coefficient (Wildman–Crippen LogP) is 4.56. The lowest BCUT2D eigenvalue weighted by Gasteiger charge is -2.13. The van der Waals surface area contributed by atoms with Gasteiger partial charge in [0.25, 0.3) is 0 Å². The molecule has 1 unspecified atom stereocenters. The van der Waals surface area contributed by atoms with Crippen molar-refractivity contribution < 1.29 is 0 Å². The number of benzene rings is 2. The fraction of sp³-hybridized carbons (Fsp3) is 0.143. The van der Waals surface area contributed by atoms with Crippen molar-refractivity contribution in [2.75, 3.05) is 0 Å². The molecule has 3 heteroatoms. The first-order chi connectivity index (χ1) is 11.6. The van der Waals surface area contributed by atoms with Crippen LogP contribution in [0.4, 0.5) is 0 Å². The maximum Gasteiger partial charge on any atom is 0.150 e. The highest BCUT2D eigenvalue weighted by molar-refractivity contribution is 6.10. The van der Waals surface area contributed by atoms with Crippen molar-refractivity contribution >= 4 is 11.7 Å². The maximum atomic E-state index is 8.20. The first-order valence-electron chi connectivity index (χ1n) is 8.10. The third-order valence-corrected chi connectivity index (χ3v) is 4.08. The van der Waals surface area contributed by atoms with Crippen LogP contribution >= 0.6 is 0 Å². The van der Waals surface area contributed by atoms with Gasteiger partial charge in [0.1, 0.15) is 11.7 Å². The average Bonchev–Trinajstić information content (AvgIpc) is 2.62. The summed E-state index contributed by atoms with van der Waals surface area (Å²) in [5, 5.41) is 8.20. The fourth-order valence-electron chi connectivity index (χ4n) is 2.77. The summed E-state index contributed by atoms with van der Waals surface area (Å²) in [6.07, 6.45) is 6.89. The van der Waals surface area contributed by atoms with Crippen molar-refractivity contribution in [1.82, 2.24) is 0 Å². The third-order valence-electron chi connectivity index (χ3n) is 4.08. The number of amidine groups is 2. The molecule has 0 heterocycles. The molecule has 3 rings (SSSR count). The molecule has 0 bridgehead atoms. The molecule has 0 radical (unpaired) electrons. The summed E-state index contributed by atoms with van der Waals surface area (Å²) in [6, 6.07) is 18.1. The van der Waals surface area contributed by atoms with E-state index in [1.165, 1.54) is 0 Å². The van der Waals surface area contributed by atoms with Gasteiger partial charge in [-0.1, -0.05) is 73.7 Å². The largest absolute Gasteiger partial charge is 0.383 e. The Bertz CT molecular complexity index is 829. The Morgan fingerprint density at radius 1 is 1.08 bits per heavy atom. The van der Waals surface area contributed by atoms with Crippen molar-refractivity contribution in [3.63, 3.8) is 0 Å². The zero-order valence-electron chi connectivity index (χ0n) is 13.7. The molecule has 1 aliphatic carbocycles. The summed E-state index contributed by atoms with van der Waals surface area (Å²) in [7, 11) is 0. The van der Waals surface area contributed by atoms with Crippen molar-refractivity contribution in [2.45, 2.75) is 13.3 Å². The Balaban J connectivity index is 1.85. The Morgan fingerprint density at radius 2 is 1.83 bits per heavy atom. The summed E-state index contributed by atoms with van der Waals surface area (Å²) in [5.74, 6) is 1.05. The normalized spacial score (nSPS) is 17.5. The van der Waals surface area contributed by atoms with Gasteiger partial charge in [0.15, 0.2) is 0 Å². The Labute approximate surface area is 142 Å². The van der Waals surface area contributed by atoms with E-state index < -0.39 is 0 Å². The zero-order valence-corrected chi connectivity index (χ0v) is 13.7. The van der Waals surface area contributed by atoms with E-state index in [0.29, 0.717) is 11.8 Å². The van der Waals surface area contributed by atoms with Crippen LogP contribution in [0.2, 0.25) is 0 Å². The van der Waals surface area contributed by atoms with Crippen LogP contribution in [-0.2, 0) is 0 Å². The summed E-state index contributed by atoms with van der Waals surface area (Å²) < 4.78 is 0. The van der Waals surface area contributed by atoms with E-state index in [1.807, 2.05) is 54.6 Å². The SMILES string of the molecule is CC1C=CC=C(C(=N)N=C(N)c2cccc(-c3ccccc3)c2)C1. The highest BCUT2D eigenvalue weighted by atomic mass is 14.9. The standard InChI is InChI=1S/C21H21N3/c1-15-7-5-11-18(13-15)20(22)24-21(23)19-12-6-10-17(14-19)16-8-3-2-4-9-16/h2-12,14-15H,13H2,1H3,(H3,22,23,24). The zero-order chi connectivity index (χ0) is 16.9. The maximum absolute atomic E-state index is 8.20. The van der Waals surface area contributed by atoms with E-state index in [2.05, 4.69) is 30.1 Å². The van der Waals surface area contributed by atoms with Crippen molar-refractivity contribution in [3.8, 4) is 11.1 Å². The Hall–Kier alpha value is -2.94. The molecule has 0 amide bonds. The number of aliphatic imine (C=N–C) groups is 1. The molecule has 24 heavy (non-hydrogen) atoms. The van der Waals surface area contributed by atoms with Crippen molar-refractivity contribution in [1.29, 1.82) is 5.41 Å². The first-order valence-corrected chi connectivity index (χ1v) is 8.10. The number of nitrogens with one attached hydrogen (secondary N) is 1. The van der Waals surface area contributed by atoms with Gasteiger partial charge in [-0.3, -0.25) is 5.41 Å². The van der Waals surface area contributed by atoms with Gasteiger partial charge in [0.2, 0.25) is 0 Å². The van der Waals surface area contributed by atoms with E-state index in [9.17, 15) is 0 Å². The molecule has 1 atom stereocenters. The summed E-state index contributed by atoms with van der Waals surface area (Å²) in [6.45, 7) is 2.13. The molecule has 0 aromatic heterocycles. The van der Waals surface area contributed by atoms with Crippen LogP contribution < -0.4 is 5.73 Å². The number of allylic oxidation sites excluding steroid dienone is 3. The quantitative estimate of drug-likeness (QED) is 0.633. The van der Waals surface area contributed by atoms with Gasteiger partial charge in [0, 0.05) is 5.56 Å². The molecule has 2 aromatic carbocycles. The topological polar surface area (TPSA) is 62.2 Å². The van der Waals surface area contributed by atoms with E-state index >= 15 is 0 Å². The van der Waals surface area contributed by atoms with Crippen LogP contribution in [0, 0.1) is 11.3 Å². The number of nitrogens with zero attached hydrogens (tertiary/aromatic N) is 1. The van der Waals surface area contributed by atoms with Crippen LogP contribution in [0.15, 0.2) is 83.4 Å². The Kier molecular flexibility index (Phi) is 4.71. The predicted molar refractivity (Wildman–Crippen MR) is 101 cm³/mol. The molecule has 120 valence electrons. The Morgan fingerprint density at radius 3 is 2.58 bits per heavy atom. The van der Waals surface area contributed by atoms with Crippen LogP contribution in [0.25, 0.3) is 11.1 Å². The minimum atomic E-state index is 0.244. The molecular formula is C21H21N3. The molecule has 1 aliphatic rings. The smallest absolute Gasteiger partial charge is 0.150 e. The second-order valence-electron chi connectivity index (χ2n) is 6.05. The number of rotatable bonds is 3. The summed E-state index contributed by atoms with van der Waals surface area (Å²) >= 11 is 0. The number of nitrogens with two attached hydrogens (primary N) is 1. The molecule has 2 aromatic rings. The van der Waals surface area contributed by atoms with Crippen molar-refractivity contribution in [2.24, 2.45) is 16.6 Å². The molecule has 0 aliphatic heterocycles. The van der Waals surface area contributed by atoms with Gasteiger partial charge in [-0.15, -0.1) is 0 Å². The molecule has 0 spiro atoms. The van der Waals surface area contributed by atoms with E-state index in [4.69, 9.17) is 11.1 Å². The molecule has 3 nitrogen and oxygen atoms in total. The molecule has 0 saturated heterocycles. The van der Waals surface area contributed by atoms with Gasteiger partial charge in [-0.25, -0.2) is 4.99 Å². The minimum Gasteiger partial charge on any atom is -0.383 e. The van der Waals surface area contributed by atoms with Gasteiger partial charge in [0.05, 0.1) is 0 Å². The van der Waals surface area contributed by atoms with E-state index in [0.717, 1.165) is 28.7 Å². The van der Waals surface area contributed by atoms with Crippen LogP contribution in [0.1, 0.15) is 18.9 Å². The summed E-state index contributed by atoms with van der Waals surface area (Å²) in [5.41, 5.74) is 10.1. The molecular weight excluding hydrogens is 294 g/mol. The lowest BCUT2D eigenvalue weighted by Crippen LogP contribution is -2.17. The van der Waals surface area contributed by atoms with Gasteiger partial charge < -0.3 is 5.73 Å². The third kappa shape index (κ3) is 3.69. The number of hydrogen-bond donors (Lipinski definition) is 2. The molecule has 0 saturated carbocycles. The van der Waals surface area contributed by atoms with Crippen LogP contribution in [0.5, 0.6) is 0 Å². The highest BCUT2D eigenvalue weighted by Gasteiger charge is 2.11. The van der Waals surface area contributed by atoms with Gasteiger partial charge >= 0.3 is 0 Å².